The fraction of sp³-hybridized carbons (Fsp3) is 1.00. The summed E-state index contributed by atoms with van der Waals surface area (Å²) in [5.41, 5.74) is 0. The lowest BCUT2D eigenvalue weighted by atomic mass is 10.2. The van der Waals surface area contributed by atoms with Crippen molar-refractivity contribution in [2.24, 2.45) is 0 Å². The van der Waals surface area contributed by atoms with Crippen molar-refractivity contribution in [2.45, 2.75) is 58.9 Å². The van der Waals surface area contributed by atoms with Gasteiger partial charge in [-0.1, -0.05) is 33.6 Å². The van der Waals surface area contributed by atoms with E-state index in [9.17, 15) is 0 Å². The second-order valence-electron chi connectivity index (χ2n) is 4.40. The molecular weight excluding hydrogens is 184 g/mol. The van der Waals surface area contributed by atoms with Gasteiger partial charge in [0.15, 0.2) is 0 Å². The van der Waals surface area contributed by atoms with E-state index in [1.807, 2.05) is 0 Å². The first kappa shape index (κ1) is 14.9. The van der Waals surface area contributed by atoms with Crippen molar-refractivity contribution in [3.05, 3.63) is 0 Å². The first-order valence-electron chi connectivity index (χ1n) is 6.68. The minimum Gasteiger partial charge on any atom is -0.316 e. The van der Waals surface area contributed by atoms with Crippen LogP contribution in [0, 0.1) is 0 Å². The van der Waals surface area contributed by atoms with Gasteiger partial charge in [-0.15, -0.1) is 0 Å². The Morgan fingerprint density at radius 1 is 1.00 bits per heavy atom. The lowest BCUT2D eigenvalue weighted by Gasteiger charge is -2.26. The predicted octanol–water partition coefficient (Wildman–Crippen LogP) is 2.89. The first-order chi connectivity index (χ1) is 7.28. The lowest BCUT2D eigenvalue weighted by molar-refractivity contribution is 0.236. The second kappa shape index (κ2) is 10.4. The highest BCUT2D eigenvalue weighted by Gasteiger charge is 2.09. The molecule has 0 rings (SSSR count). The number of rotatable bonds is 10. The summed E-state index contributed by atoms with van der Waals surface area (Å²) in [5.74, 6) is 0. The van der Waals surface area contributed by atoms with E-state index in [0.717, 1.165) is 0 Å². The SMILES string of the molecule is CCCCN(CCCC)CC(CC)NC. The normalized spacial score (nSPS) is 13.4. The van der Waals surface area contributed by atoms with Crippen molar-refractivity contribution in [2.75, 3.05) is 26.7 Å². The monoisotopic (exact) mass is 214 g/mol. The Bertz CT molecular complexity index is 114. The zero-order chi connectivity index (χ0) is 11.5. The van der Waals surface area contributed by atoms with Crippen LogP contribution in [0.25, 0.3) is 0 Å². The van der Waals surface area contributed by atoms with Crippen molar-refractivity contribution in [3.8, 4) is 0 Å². The fourth-order valence-corrected chi connectivity index (χ4v) is 1.79. The Labute approximate surface area is 96.4 Å². The quantitative estimate of drug-likeness (QED) is 0.601. The summed E-state index contributed by atoms with van der Waals surface area (Å²) in [6, 6.07) is 0.665. The predicted molar refractivity (Wildman–Crippen MR) is 69.4 cm³/mol. The van der Waals surface area contributed by atoms with Gasteiger partial charge in [-0.3, -0.25) is 0 Å². The van der Waals surface area contributed by atoms with Gasteiger partial charge in [-0.25, -0.2) is 0 Å². The average Bonchev–Trinajstić information content (AvgIpc) is 2.28. The molecule has 0 aliphatic carbocycles. The van der Waals surface area contributed by atoms with E-state index in [1.54, 1.807) is 0 Å². The van der Waals surface area contributed by atoms with E-state index < -0.39 is 0 Å². The van der Waals surface area contributed by atoms with Crippen LogP contribution in [0.5, 0.6) is 0 Å². The van der Waals surface area contributed by atoms with Crippen molar-refractivity contribution < 1.29 is 0 Å². The molecule has 0 saturated carbocycles. The number of nitrogens with zero attached hydrogens (tertiary/aromatic N) is 1. The summed E-state index contributed by atoms with van der Waals surface area (Å²) in [6.07, 6.45) is 6.51. The van der Waals surface area contributed by atoms with Crippen molar-refractivity contribution in [1.82, 2.24) is 10.2 Å². The van der Waals surface area contributed by atoms with Crippen molar-refractivity contribution >= 4 is 0 Å². The van der Waals surface area contributed by atoms with E-state index in [0.29, 0.717) is 6.04 Å². The van der Waals surface area contributed by atoms with Gasteiger partial charge >= 0.3 is 0 Å². The van der Waals surface area contributed by atoms with E-state index in [4.69, 9.17) is 0 Å². The number of likely N-dealkylation sites (N-methyl/N-ethyl adjacent to an activating group) is 1. The summed E-state index contributed by atoms with van der Waals surface area (Å²) < 4.78 is 0. The molecule has 1 N–H and O–H groups in total. The zero-order valence-electron chi connectivity index (χ0n) is 11.2. The van der Waals surface area contributed by atoms with Crippen LogP contribution in [0.4, 0.5) is 0 Å². The molecule has 0 spiro atoms. The number of unbranched alkanes of at least 4 members (excludes halogenated alkanes) is 2. The van der Waals surface area contributed by atoms with E-state index in [-0.39, 0.29) is 0 Å². The molecule has 0 heterocycles. The van der Waals surface area contributed by atoms with Gasteiger partial charge in [0, 0.05) is 12.6 Å². The number of hydrogen-bond acceptors (Lipinski definition) is 2. The molecular formula is C13H30N2. The van der Waals surface area contributed by atoms with E-state index in [2.05, 4.69) is 38.0 Å². The van der Waals surface area contributed by atoms with Crippen LogP contribution in [0.3, 0.4) is 0 Å². The maximum Gasteiger partial charge on any atom is 0.0189 e. The molecule has 15 heavy (non-hydrogen) atoms. The molecule has 0 amide bonds. The Hall–Kier alpha value is -0.0800. The van der Waals surface area contributed by atoms with Crippen LogP contribution < -0.4 is 5.32 Å². The smallest absolute Gasteiger partial charge is 0.0189 e. The molecule has 0 bridgehead atoms. The van der Waals surface area contributed by atoms with Crippen LogP contribution in [0.15, 0.2) is 0 Å². The van der Waals surface area contributed by atoms with Gasteiger partial charge in [-0.05, 0) is 39.4 Å². The first-order valence-corrected chi connectivity index (χ1v) is 6.68. The second-order valence-corrected chi connectivity index (χ2v) is 4.40. The van der Waals surface area contributed by atoms with Gasteiger partial charge in [0.1, 0.15) is 0 Å². The van der Waals surface area contributed by atoms with Gasteiger partial charge in [-0.2, -0.15) is 0 Å². The molecule has 0 aromatic rings. The number of nitrogens with one attached hydrogen (secondary N) is 1. The molecule has 0 aliphatic heterocycles. The maximum absolute atomic E-state index is 3.39. The third-order valence-corrected chi connectivity index (χ3v) is 3.04. The summed E-state index contributed by atoms with van der Waals surface area (Å²) >= 11 is 0. The highest BCUT2D eigenvalue weighted by molar-refractivity contribution is 4.69. The Balaban J connectivity index is 3.86. The average molecular weight is 214 g/mol. The Kier molecular flexibility index (Phi) is 10.4. The van der Waals surface area contributed by atoms with Crippen LogP contribution >= 0.6 is 0 Å². The molecule has 0 fully saturated rings. The molecule has 92 valence electrons. The highest BCUT2D eigenvalue weighted by atomic mass is 15.1. The molecule has 0 aromatic heterocycles. The van der Waals surface area contributed by atoms with Crippen molar-refractivity contribution in [1.29, 1.82) is 0 Å². The molecule has 0 aromatic carbocycles. The molecule has 0 radical (unpaired) electrons. The third kappa shape index (κ3) is 7.80. The van der Waals surface area contributed by atoms with Crippen LogP contribution in [-0.2, 0) is 0 Å². The molecule has 1 unspecified atom stereocenters. The van der Waals surface area contributed by atoms with Gasteiger partial charge in [0.2, 0.25) is 0 Å². The minimum atomic E-state index is 0.665. The minimum absolute atomic E-state index is 0.665. The fourth-order valence-electron chi connectivity index (χ4n) is 1.79. The third-order valence-electron chi connectivity index (χ3n) is 3.04. The van der Waals surface area contributed by atoms with Gasteiger partial charge in [0.25, 0.3) is 0 Å². The van der Waals surface area contributed by atoms with Crippen LogP contribution in [-0.4, -0.2) is 37.6 Å². The molecule has 2 heteroatoms. The van der Waals surface area contributed by atoms with Crippen LogP contribution in [0.2, 0.25) is 0 Å². The standard InChI is InChI=1S/C13H30N2/c1-5-8-10-15(11-9-6-2)12-13(7-3)14-4/h13-14H,5-12H2,1-4H3. The van der Waals surface area contributed by atoms with Crippen LogP contribution in [0.1, 0.15) is 52.9 Å². The summed E-state index contributed by atoms with van der Waals surface area (Å²) in [6.45, 7) is 10.6. The molecule has 2 nitrogen and oxygen atoms in total. The largest absolute Gasteiger partial charge is 0.316 e. The Morgan fingerprint density at radius 2 is 1.53 bits per heavy atom. The van der Waals surface area contributed by atoms with E-state index >= 15 is 0 Å². The van der Waals surface area contributed by atoms with Gasteiger partial charge in [0.05, 0.1) is 0 Å². The molecule has 0 aliphatic rings. The molecule has 0 saturated heterocycles. The maximum atomic E-state index is 3.39. The zero-order valence-corrected chi connectivity index (χ0v) is 11.2. The topological polar surface area (TPSA) is 15.3 Å². The lowest BCUT2D eigenvalue weighted by Crippen LogP contribution is -2.40. The van der Waals surface area contributed by atoms with Gasteiger partial charge < -0.3 is 10.2 Å². The molecule has 1 atom stereocenters. The van der Waals surface area contributed by atoms with E-state index in [1.165, 1.54) is 51.7 Å². The number of hydrogen-bond donors (Lipinski definition) is 1. The highest BCUT2D eigenvalue weighted by Crippen LogP contribution is 2.02. The summed E-state index contributed by atoms with van der Waals surface area (Å²) in [7, 11) is 2.08. The summed E-state index contributed by atoms with van der Waals surface area (Å²) in [4.78, 5) is 2.62. The van der Waals surface area contributed by atoms with Crippen molar-refractivity contribution in [3.63, 3.8) is 0 Å². The summed E-state index contributed by atoms with van der Waals surface area (Å²) in [5, 5.41) is 3.39. The Morgan fingerprint density at radius 3 is 1.87 bits per heavy atom.